The highest BCUT2D eigenvalue weighted by Gasteiger charge is 2.33. The average Bonchev–Trinajstić information content (AvgIpc) is 3.20. The Morgan fingerprint density at radius 3 is 2.45 bits per heavy atom. The van der Waals surface area contributed by atoms with Gasteiger partial charge in [0.2, 0.25) is 0 Å². The monoisotopic (exact) mass is 405 g/mol. The molecule has 9 heteroatoms. The minimum Gasteiger partial charge on any atom is -0.497 e. The maximum absolute atomic E-state index is 12.7. The van der Waals surface area contributed by atoms with Crippen molar-refractivity contribution in [2.45, 2.75) is 13.1 Å². The Bertz CT molecular complexity index is 998. The van der Waals surface area contributed by atoms with Gasteiger partial charge in [-0.3, -0.25) is 4.79 Å². The molecule has 29 heavy (non-hydrogen) atoms. The predicted molar refractivity (Wildman–Crippen MR) is 101 cm³/mol. The first-order valence-corrected chi connectivity index (χ1v) is 8.67. The number of carbonyl (C=O) groups excluding carboxylic acids is 1. The van der Waals surface area contributed by atoms with Crippen LogP contribution >= 0.6 is 0 Å². The summed E-state index contributed by atoms with van der Waals surface area (Å²) in [5.41, 5.74) is 0.179. The van der Waals surface area contributed by atoms with Gasteiger partial charge in [0.25, 0.3) is 5.91 Å². The van der Waals surface area contributed by atoms with Crippen molar-refractivity contribution in [2.24, 2.45) is 0 Å². The molecule has 2 aromatic carbocycles. The molecule has 3 rings (SSSR count). The summed E-state index contributed by atoms with van der Waals surface area (Å²) in [6.45, 7) is 2.25. The molecule has 0 saturated carbocycles. The number of ether oxygens (including phenoxy) is 2. The van der Waals surface area contributed by atoms with Crippen molar-refractivity contribution in [1.29, 1.82) is 0 Å². The van der Waals surface area contributed by atoms with E-state index < -0.39 is 17.8 Å². The summed E-state index contributed by atoms with van der Waals surface area (Å²) in [6, 6.07) is 12.0. The van der Waals surface area contributed by atoms with Crippen LogP contribution in [0.3, 0.4) is 0 Å². The zero-order chi connectivity index (χ0) is 21.0. The van der Waals surface area contributed by atoms with E-state index in [1.165, 1.54) is 37.6 Å². The quantitative estimate of drug-likeness (QED) is 0.654. The summed E-state index contributed by atoms with van der Waals surface area (Å²) in [6.07, 6.45) is -3.30. The molecule has 1 N–H and O–H groups in total. The van der Waals surface area contributed by atoms with E-state index in [1.54, 1.807) is 18.2 Å². The van der Waals surface area contributed by atoms with Crippen LogP contribution in [0.25, 0.3) is 5.69 Å². The molecule has 0 bridgehead atoms. The van der Waals surface area contributed by atoms with Crippen LogP contribution in [0.2, 0.25) is 0 Å². The Balaban J connectivity index is 1.78. The third-order valence-electron chi connectivity index (χ3n) is 4.01. The number of amides is 1. The second kappa shape index (κ2) is 8.26. The molecule has 1 amide bonds. The van der Waals surface area contributed by atoms with Gasteiger partial charge in [-0.15, -0.1) is 0 Å². The molecular formula is C20H18F3N3O3. The molecule has 0 aliphatic carbocycles. The molecule has 0 unspecified atom stereocenters. The summed E-state index contributed by atoms with van der Waals surface area (Å²) < 4.78 is 49.8. The highest BCUT2D eigenvalue weighted by molar-refractivity contribution is 6.05. The number of anilines is 1. The predicted octanol–water partition coefficient (Wildman–Crippen LogP) is 4.55. The molecule has 0 aliphatic heterocycles. The maximum Gasteiger partial charge on any atom is 0.435 e. The van der Waals surface area contributed by atoms with Gasteiger partial charge in [-0.25, -0.2) is 4.68 Å². The van der Waals surface area contributed by atoms with Crippen LogP contribution in [-0.2, 0) is 6.18 Å². The number of hydrogen-bond donors (Lipinski definition) is 1. The van der Waals surface area contributed by atoms with Crippen molar-refractivity contribution in [2.75, 3.05) is 19.0 Å². The van der Waals surface area contributed by atoms with E-state index in [-0.39, 0.29) is 0 Å². The molecule has 0 atom stereocenters. The van der Waals surface area contributed by atoms with Gasteiger partial charge >= 0.3 is 6.18 Å². The normalized spacial score (nSPS) is 11.2. The van der Waals surface area contributed by atoms with E-state index in [9.17, 15) is 18.0 Å². The average molecular weight is 405 g/mol. The van der Waals surface area contributed by atoms with Gasteiger partial charge in [0, 0.05) is 17.8 Å². The molecule has 3 aromatic rings. The number of nitrogens with one attached hydrogen (secondary N) is 1. The van der Waals surface area contributed by atoms with Crippen molar-refractivity contribution < 1.29 is 27.4 Å². The topological polar surface area (TPSA) is 65.4 Å². The number of hydrogen-bond acceptors (Lipinski definition) is 4. The first-order valence-electron chi connectivity index (χ1n) is 8.67. The Labute approximate surface area is 164 Å². The number of nitrogens with zero attached hydrogens (tertiary/aromatic N) is 2. The van der Waals surface area contributed by atoms with E-state index in [0.29, 0.717) is 35.0 Å². The Hall–Kier alpha value is -3.49. The Morgan fingerprint density at radius 1 is 1.14 bits per heavy atom. The van der Waals surface area contributed by atoms with Gasteiger partial charge in [0.15, 0.2) is 5.69 Å². The van der Waals surface area contributed by atoms with Crippen LogP contribution in [0.15, 0.2) is 54.7 Å². The number of rotatable bonds is 6. The lowest BCUT2D eigenvalue weighted by Crippen LogP contribution is -2.13. The van der Waals surface area contributed by atoms with Crippen molar-refractivity contribution in [1.82, 2.24) is 9.78 Å². The van der Waals surface area contributed by atoms with E-state index >= 15 is 0 Å². The SMILES string of the molecule is CCOc1ccc(OC)cc1NC(=O)c1ccc(-n2ccc(C(F)(F)F)n2)cc1. The van der Waals surface area contributed by atoms with E-state index in [1.807, 2.05) is 6.92 Å². The molecule has 0 saturated heterocycles. The van der Waals surface area contributed by atoms with Gasteiger partial charge in [0.1, 0.15) is 11.5 Å². The summed E-state index contributed by atoms with van der Waals surface area (Å²) >= 11 is 0. The van der Waals surface area contributed by atoms with E-state index in [0.717, 1.165) is 10.7 Å². The number of alkyl halides is 3. The number of aromatic nitrogens is 2. The van der Waals surface area contributed by atoms with Crippen molar-refractivity contribution in [3.05, 3.63) is 66.0 Å². The first kappa shape index (κ1) is 20.2. The molecule has 152 valence electrons. The van der Waals surface area contributed by atoms with Crippen LogP contribution in [-0.4, -0.2) is 29.4 Å². The lowest BCUT2D eigenvalue weighted by molar-refractivity contribution is -0.141. The molecule has 1 aromatic heterocycles. The second-order valence-electron chi connectivity index (χ2n) is 5.94. The standard InChI is InChI=1S/C20H18F3N3O3/c1-3-29-17-9-8-15(28-2)12-16(17)24-19(27)13-4-6-14(7-5-13)26-11-10-18(25-26)20(21,22)23/h4-12H,3H2,1-2H3,(H,24,27). The molecule has 0 radical (unpaired) electrons. The fourth-order valence-electron chi connectivity index (χ4n) is 2.59. The molecule has 1 heterocycles. The summed E-state index contributed by atoms with van der Waals surface area (Å²) in [5, 5.41) is 6.26. The van der Waals surface area contributed by atoms with Crippen LogP contribution in [0.4, 0.5) is 18.9 Å². The van der Waals surface area contributed by atoms with E-state index in [4.69, 9.17) is 9.47 Å². The second-order valence-corrected chi connectivity index (χ2v) is 5.94. The third-order valence-corrected chi connectivity index (χ3v) is 4.01. The largest absolute Gasteiger partial charge is 0.497 e. The van der Waals surface area contributed by atoms with Gasteiger partial charge in [-0.2, -0.15) is 18.3 Å². The van der Waals surface area contributed by atoms with Gasteiger partial charge in [-0.05, 0) is 49.4 Å². The van der Waals surface area contributed by atoms with Crippen LogP contribution in [0, 0.1) is 0 Å². The lowest BCUT2D eigenvalue weighted by Gasteiger charge is -2.13. The van der Waals surface area contributed by atoms with Crippen LogP contribution in [0.5, 0.6) is 11.5 Å². The third kappa shape index (κ3) is 4.68. The fourth-order valence-corrected chi connectivity index (χ4v) is 2.59. The zero-order valence-electron chi connectivity index (χ0n) is 15.7. The summed E-state index contributed by atoms with van der Waals surface area (Å²) in [7, 11) is 1.51. The highest BCUT2D eigenvalue weighted by Crippen LogP contribution is 2.30. The van der Waals surface area contributed by atoms with E-state index in [2.05, 4.69) is 10.4 Å². The number of carbonyl (C=O) groups is 1. The fraction of sp³-hybridized carbons (Fsp3) is 0.200. The molecule has 0 aliphatic rings. The maximum atomic E-state index is 12.7. The van der Waals surface area contributed by atoms with Crippen LogP contribution in [0.1, 0.15) is 23.0 Å². The summed E-state index contributed by atoms with van der Waals surface area (Å²) in [4.78, 5) is 12.6. The Morgan fingerprint density at radius 2 is 1.86 bits per heavy atom. The molecule has 0 spiro atoms. The van der Waals surface area contributed by atoms with Crippen molar-refractivity contribution in [3.8, 4) is 17.2 Å². The highest BCUT2D eigenvalue weighted by atomic mass is 19.4. The number of halogens is 3. The minimum atomic E-state index is -4.51. The van der Waals surface area contributed by atoms with Gasteiger partial charge in [-0.1, -0.05) is 0 Å². The zero-order valence-corrected chi connectivity index (χ0v) is 15.7. The van der Waals surface area contributed by atoms with Crippen molar-refractivity contribution >= 4 is 11.6 Å². The van der Waals surface area contributed by atoms with Gasteiger partial charge < -0.3 is 14.8 Å². The number of benzene rings is 2. The molecular weight excluding hydrogens is 387 g/mol. The van der Waals surface area contributed by atoms with Crippen LogP contribution < -0.4 is 14.8 Å². The lowest BCUT2D eigenvalue weighted by atomic mass is 10.2. The Kier molecular flexibility index (Phi) is 5.76. The molecule has 6 nitrogen and oxygen atoms in total. The first-order chi connectivity index (χ1) is 13.8. The molecule has 0 fully saturated rings. The smallest absolute Gasteiger partial charge is 0.435 e. The number of methoxy groups -OCH3 is 1. The summed E-state index contributed by atoms with van der Waals surface area (Å²) in [5.74, 6) is 0.648. The minimum absolute atomic E-state index is 0.321. The van der Waals surface area contributed by atoms with Crippen molar-refractivity contribution in [3.63, 3.8) is 0 Å². The van der Waals surface area contributed by atoms with Gasteiger partial charge in [0.05, 0.1) is 25.1 Å².